The number of carbonyl (C=O) groups excluding carboxylic acids is 1. The molecule has 1 amide bonds. The van der Waals surface area contributed by atoms with Gasteiger partial charge in [0.1, 0.15) is 12.4 Å². The predicted octanol–water partition coefficient (Wildman–Crippen LogP) is 2.18. The van der Waals surface area contributed by atoms with E-state index in [4.69, 9.17) is 4.74 Å². The molecule has 1 aromatic carbocycles. The highest BCUT2D eigenvalue weighted by Crippen LogP contribution is 2.20. The Hall–Kier alpha value is -2.06. The van der Waals surface area contributed by atoms with Crippen molar-refractivity contribution in [3.63, 3.8) is 0 Å². The maximum atomic E-state index is 13.3. The lowest BCUT2D eigenvalue weighted by Crippen LogP contribution is -2.35. The van der Waals surface area contributed by atoms with Crippen molar-refractivity contribution < 1.29 is 13.9 Å². The third kappa shape index (κ3) is 3.88. The fraction of sp³-hybridized carbons (Fsp3) is 0.438. The summed E-state index contributed by atoms with van der Waals surface area (Å²) in [5, 5.41) is 0.849. The van der Waals surface area contributed by atoms with Gasteiger partial charge in [-0.05, 0) is 24.6 Å². The molecule has 1 aromatic heterocycles. The molecule has 2 heterocycles. The van der Waals surface area contributed by atoms with Gasteiger partial charge in [0.15, 0.2) is 5.82 Å². The number of ether oxygens (including phenoxy) is 1. The van der Waals surface area contributed by atoms with E-state index in [1.54, 1.807) is 24.1 Å². The molecular weight excluding hydrogens is 331 g/mol. The monoisotopic (exact) mass is 350 g/mol. The maximum absolute atomic E-state index is 13.3. The molecule has 1 saturated heterocycles. The quantitative estimate of drug-likeness (QED) is 0.846. The number of benzene rings is 1. The van der Waals surface area contributed by atoms with E-state index in [0.717, 1.165) is 18.1 Å². The maximum Gasteiger partial charge on any atom is 0.254 e. The fourth-order valence-electron chi connectivity index (χ4n) is 2.68. The van der Waals surface area contributed by atoms with Gasteiger partial charge in [0.05, 0.1) is 0 Å². The molecule has 128 valence electrons. The number of aromatic nitrogens is 2. The Morgan fingerprint density at radius 2 is 2.21 bits per heavy atom. The van der Waals surface area contributed by atoms with Gasteiger partial charge >= 0.3 is 0 Å². The van der Waals surface area contributed by atoms with Crippen LogP contribution in [0.25, 0.3) is 0 Å². The van der Waals surface area contributed by atoms with Gasteiger partial charge in [0.25, 0.3) is 5.91 Å². The van der Waals surface area contributed by atoms with Gasteiger partial charge in [-0.2, -0.15) is 4.37 Å². The largest absolute Gasteiger partial charge is 0.377 e. The summed E-state index contributed by atoms with van der Waals surface area (Å²) in [7, 11) is 1.61. The number of anilines is 1. The minimum absolute atomic E-state index is 0.131. The Balaban J connectivity index is 1.65. The molecule has 0 radical (unpaired) electrons. The van der Waals surface area contributed by atoms with Crippen LogP contribution in [0.5, 0.6) is 0 Å². The zero-order chi connectivity index (χ0) is 16.9. The number of nitrogens with zero attached hydrogens (tertiary/aromatic N) is 4. The van der Waals surface area contributed by atoms with Crippen LogP contribution in [0.2, 0.25) is 0 Å². The summed E-state index contributed by atoms with van der Waals surface area (Å²) in [5.74, 6) is 0.153. The van der Waals surface area contributed by atoms with Crippen molar-refractivity contribution >= 4 is 22.6 Å². The minimum atomic E-state index is -0.392. The van der Waals surface area contributed by atoms with Gasteiger partial charge in [0.2, 0.25) is 5.13 Å². The van der Waals surface area contributed by atoms with E-state index in [1.165, 1.54) is 23.7 Å². The average Bonchev–Trinajstić information content (AvgIpc) is 2.90. The van der Waals surface area contributed by atoms with E-state index >= 15 is 0 Å². The second-order valence-electron chi connectivity index (χ2n) is 5.57. The molecule has 0 N–H and O–H groups in total. The third-order valence-electron chi connectivity index (χ3n) is 3.86. The topological polar surface area (TPSA) is 58.6 Å². The van der Waals surface area contributed by atoms with Gasteiger partial charge in [-0.25, -0.2) is 9.37 Å². The van der Waals surface area contributed by atoms with E-state index in [0.29, 0.717) is 37.6 Å². The minimum Gasteiger partial charge on any atom is -0.377 e. The van der Waals surface area contributed by atoms with Gasteiger partial charge in [0, 0.05) is 50.4 Å². The fourth-order valence-corrected chi connectivity index (χ4v) is 3.40. The number of carbonyl (C=O) groups is 1. The van der Waals surface area contributed by atoms with E-state index in [1.807, 2.05) is 0 Å². The van der Waals surface area contributed by atoms with Crippen LogP contribution in [-0.2, 0) is 11.3 Å². The summed E-state index contributed by atoms with van der Waals surface area (Å²) in [6, 6.07) is 5.84. The predicted molar refractivity (Wildman–Crippen MR) is 89.8 cm³/mol. The van der Waals surface area contributed by atoms with Crippen LogP contribution < -0.4 is 4.90 Å². The summed E-state index contributed by atoms with van der Waals surface area (Å²) < 4.78 is 22.6. The number of amides is 1. The molecule has 24 heavy (non-hydrogen) atoms. The highest BCUT2D eigenvalue weighted by Gasteiger charge is 2.22. The normalized spacial score (nSPS) is 15.4. The van der Waals surface area contributed by atoms with Crippen LogP contribution in [-0.4, -0.2) is 53.5 Å². The molecule has 1 fully saturated rings. The van der Waals surface area contributed by atoms with Crippen LogP contribution in [0.3, 0.4) is 0 Å². The summed E-state index contributed by atoms with van der Waals surface area (Å²) in [6.07, 6.45) is 0.834. The standard InChI is InChI=1S/C16H19FN4O2S/c1-23-11-14-18-16(24-19-14)21-7-3-6-20(8-9-21)15(22)12-4-2-5-13(17)10-12/h2,4-5,10H,3,6-9,11H2,1H3. The van der Waals surface area contributed by atoms with Crippen molar-refractivity contribution in [2.24, 2.45) is 0 Å². The highest BCUT2D eigenvalue weighted by molar-refractivity contribution is 7.09. The van der Waals surface area contributed by atoms with Gasteiger partial charge in [-0.1, -0.05) is 6.07 Å². The Labute approximate surface area is 144 Å². The molecule has 0 spiro atoms. The van der Waals surface area contributed by atoms with Crippen LogP contribution in [0.4, 0.5) is 9.52 Å². The van der Waals surface area contributed by atoms with Crippen molar-refractivity contribution in [2.45, 2.75) is 13.0 Å². The number of hydrogen-bond donors (Lipinski definition) is 0. The summed E-state index contributed by atoms with van der Waals surface area (Å²) >= 11 is 1.35. The third-order valence-corrected chi connectivity index (χ3v) is 4.67. The van der Waals surface area contributed by atoms with Crippen molar-refractivity contribution in [1.82, 2.24) is 14.3 Å². The SMILES string of the molecule is COCc1nsc(N2CCCN(C(=O)c3cccc(F)c3)CC2)n1. The molecule has 0 saturated carbocycles. The second kappa shape index (κ2) is 7.67. The summed E-state index contributed by atoms with van der Waals surface area (Å²) in [6.45, 7) is 3.12. The first-order valence-corrected chi connectivity index (χ1v) is 8.56. The lowest BCUT2D eigenvalue weighted by molar-refractivity contribution is 0.0766. The van der Waals surface area contributed by atoms with E-state index in [2.05, 4.69) is 14.3 Å². The molecule has 0 bridgehead atoms. The van der Waals surface area contributed by atoms with Crippen molar-refractivity contribution in [2.75, 3.05) is 38.2 Å². The lowest BCUT2D eigenvalue weighted by Gasteiger charge is -2.21. The van der Waals surface area contributed by atoms with Crippen LogP contribution >= 0.6 is 11.5 Å². The molecule has 0 unspecified atom stereocenters. The Morgan fingerprint density at radius 3 is 3.00 bits per heavy atom. The molecule has 8 heteroatoms. The summed E-state index contributed by atoms with van der Waals surface area (Å²) in [4.78, 5) is 20.9. The first-order valence-electron chi connectivity index (χ1n) is 7.78. The molecule has 1 aliphatic heterocycles. The molecule has 3 rings (SSSR count). The van der Waals surface area contributed by atoms with Crippen molar-refractivity contribution in [3.8, 4) is 0 Å². The van der Waals surface area contributed by atoms with E-state index in [9.17, 15) is 9.18 Å². The number of hydrogen-bond acceptors (Lipinski definition) is 6. The van der Waals surface area contributed by atoms with Crippen LogP contribution in [0.15, 0.2) is 24.3 Å². The summed E-state index contributed by atoms with van der Waals surface area (Å²) in [5.41, 5.74) is 0.391. The lowest BCUT2D eigenvalue weighted by atomic mass is 10.2. The first-order chi connectivity index (χ1) is 11.7. The van der Waals surface area contributed by atoms with E-state index < -0.39 is 5.82 Å². The smallest absolute Gasteiger partial charge is 0.254 e. The molecule has 6 nitrogen and oxygen atoms in total. The zero-order valence-corrected chi connectivity index (χ0v) is 14.3. The van der Waals surface area contributed by atoms with Gasteiger partial charge in [-0.3, -0.25) is 4.79 Å². The number of methoxy groups -OCH3 is 1. The Bertz CT molecular complexity index is 709. The van der Waals surface area contributed by atoms with Crippen LogP contribution in [0, 0.1) is 5.82 Å². The molecule has 0 atom stereocenters. The van der Waals surface area contributed by atoms with Crippen LogP contribution in [0.1, 0.15) is 22.6 Å². The second-order valence-corrected chi connectivity index (χ2v) is 6.30. The van der Waals surface area contributed by atoms with Gasteiger partial charge in [-0.15, -0.1) is 0 Å². The highest BCUT2D eigenvalue weighted by atomic mass is 32.1. The first kappa shape index (κ1) is 16.8. The number of halogens is 1. The average molecular weight is 350 g/mol. The van der Waals surface area contributed by atoms with E-state index in [-0.39, 0.29) is 5.91 Å². The zero-order valence-electron chi connectivity index (χ0n) is 13.4. The van der Waals surface area contributed by atoms with Crippen molar-refractivity contribution in [3.05, 3.63) is 41.5 Å². The molecule has 1 aliphatic rings. The number of rotatable bonds is 4. The Morgan fingerprint density at radius 1 is 1.33 bits per heavy atom. The molecule has 2 aromatic rings. The van der Waals surface area contributed by atoms with Gasteiger partial charge < -0.3 is 14.5 Å². The molecule has 0 aliphatic carbocycles. The van der Waals surface area contributed by atoms with Crippen molar-refractivity contribution in [1.29, 1.82) is 0 Å². The Kier molecular flexibility index (Phi) is 5.37. The molecular formula is C16H19FN4O2S.